The van der Waals surface area contributed by atoms with Gasteiger partial charge in [0, 0.05) is 16.8 Å². The highest BCUT2D eigenvalue weighted by molar-refractivity contribution is 7.93. The molecule has 1 heterocycles. The van der Waals surface area contributed by atoms with Crippen LogP contribution >= 0.6 is 11.6 Å². The van der Waals surface area contributed by atoms with Crippen LogP contribution in [0.3, 0.4) is 0 Å². The van der Waals surface area contributed by atoms with Crippen molar-refractivity contribution in [2.24, 2.45) is 4.36 Å². The minimum absolute atomic E-state index is 0.00451. The Bertz CT molecular complexity index is 1730. The van der Waals surface area contributed by atoms with Gasteiger partial charge in [-0.1, -0.05) is 17.7 Å². The van der Waals surface area contributed by atoms with Gasteiger partial charge >= 0.3 is 12.3 Å². The van der Waals surface area contributed by atoms with Crippen LogP contribution in [0.2, 0.25) is 5.02 Å². The molecule has 0 aliphatic heterocycles. The number of halogens is 5. The number of nitrogens with zero attached hydrogens (tertiary/aromatic N) is 2. The number of alkyl carbamates (subject to hydrolysis) is 1. The maximum absolute atomic E-state index is 13.6. The number of anilines is 1. The number of benzene rings is 2. The first-order valence-electron chi connectivity index (χ1n) is 12.6. The number of nitrogens with one attached hydrogen (secondary N) is 2. The quantitative estimate of drug-likeness (QED) is 0.212. The molecule has 0 spiro atoms. The van der Waals surface area contributed by atoms with Crippen molar-refractivity contribution in [2.45, 2.75) is 44.4 Å². The lowest BCUT2D eigenvalue weighted by atomic mass is 10.1. The van der Waals surface area contributed by atoms with Gasteiger partial charge < -0.3 is 20.1 Å². The van der Waals surface area contributed by atoms with Gasteiger partial charge in [-0.15, -0.1) is 0 Å². The first kappa shape index (κ1) is 34.3. The van der Waals surface area contributed by atoms with Gasteiger partial charge in [0.2, 0.25) is 5.95 Å². The first-order chi connectivity index (χ1) is 20.2. The maximum Gasteiger partial charge on any atom is 0.417 e. The molecule has 0 aliphatic rings. The molecule has 2 N–H and O–H groups in total. The van der Waals surface area contributed by atoms with E-state index in [1.54, 1.807) is 20.8 Å². The zero-order chi connectivity index (χ0) is 33.0. The van der Waals surface area contributed by atoms with Crippen LogP contribution in [0.1, 0.15) is 42.4 Å². The number of aryl methyl sites for hydroxylation is 1. The standard InChI is InChI=1S/C28H27ClF4N4O6S/c1-15-21(9-10-23(30)35-15)42-22-13-19(28(31,32)33)20(29)12-18(22)25(39)36-16-7-6-8-17(11-16)44(5,41)37-24(38)14-34-26(40)43-27(2,3)4/h6-13H,14H2,1-5H3,(H,34,40)(H,36,39)/t44-/m1/s1. The highest BCUT2D eigenvalue weighted by atomic mass is 35.5. The number of hydrogen-bond acceptors (Lipinski definition) is 7. The van der Waals surface area contributed by atoms with E-state index < -0.39 is 73.8 Å². The predicted octanol–water partition coefficient (Wildman–Crippen LogP) is 6.75. The molecule has 0 aliphatic carbocycles. The van der Waals surface area contributed by atoms with Gasteiger partial charge in [0.05, 0.1) is 31.6 Å². The lowest BCUT2D eigenvalue weighted by Gasteiger charge is -2.19. The first-order valence-corrected chi connectivity index (χ1v) is 14.9. The summed E-state index contributed by atoms with van der Waals surface area (Å²) in [5.74, 6) is -3.39. The third-order valence-corrected chi connectivity index (χ3v) is 7.42. The second-order valence-corrected chi connectivity index (χ2v) is 12.9. The van der Waals surface area contributed by atoms with E-state index in [1.165, 1.54) is 37.4 Å². The molecule has 3 rings (SSSR count). The second-order valence-electron chi connectivity index (χ2n) is 10.3. The maximum atomic E-state index is 13.6. The summed E-state index contributed by atoms with van der Waals surface area (Å²) in [4.78, 5) is 40.9. The van der Waals surface area contributed by atoms with Crippen molar-refractivity contribution in [2.75, 3.05) is 18.1 Å². The number of hydrogen-bond donors (Lipinski definition) is 2. The number of carbonyl (C=O) groups is 3. The van der Waals surface area contributed by atoms with E-state index in [0.717, 1.165) is 18.2 Å². The summed E-state index contributed by atoms with van der Waals surface area (Å²) in [7, 11) is -3.38. The molecule has 0 unspecified atom stereocenters. The number of carbonyl (C=O) groups excluding carboxylic acids is 3. The molecule has 1 atom stereocenters. The van der Waals surface area contributed by atoms with E-state index in [2.05, 4.69) is 20.0 Å². The summed E-state index contributed by atoms with van der Waals surface area (Å²) in [6.07, 6.45) is -4.59. The highest BCUT2D eigenvalue weighted by Crippen LogP contribution is 2.40. The molecule has 236 valence electrons. The molecule has 3 aromatic rings. The van der Waals surface area contributed by atoms with Crippen molar-refractivity contribution in [3.63, 3.8) is 0 Å². The van der Waals surface area contributed by atoms with Crippen LogP contribution in [0.15, 0.2) is 57.8 Å². The van der Waals surface area contributed by atoms with Crippen molar-refractivity contribution < 1.29 is 45.6 Å². The SMILES string of the molecule is Cc1nc(F)ccc1Oc1cc(C(F)(F)F)c(Cl)cc1C(=O)Nc1cccc([S@@](C)(=O)=NC(=O)CNC(=O)OC(C)(C)C)c1. The third kappa shape index (κ3) is 9.38. The molecule has 1 aromatic heterocycles. The van der Waals surface area contributed by atoms with Gasteiger partial charge in [-0.25, -0.2) is 14.0 Å². The van der Waals surface area contributed by atoms with E-state index in [1.807, 2.05) is 0 Å². The largest absolute Gasteiger partial charge is 0.455 e. The van der Waals surface area contributed by atoms with Crippen molar-refractivity contribution in [1.82, 2.24) is 10.3 Å². The van der Waals surface area contributed by atoms with E-state index >= 15 is 0 Å². The van der Waals surface area contributed by atoms with Gasteiger partial charge in [0.25, 0.3) is 11.8 Å². The Labute approximate surface area is 255 Å². The van der Waals surface area contributed by atoms with Crippen LogP contribution in [-0.4, -0.2) is 45.5 Å². The van der Waals surface area contributed by atoms with Gasteiger partial charge in [-0.3, -0.25) is 9.59 Å². The van der Waals surface area contributed by atoms with Crippen LogP contribution in [0, 0.1) is 12.9 Å². The van der Waals surface area contributed by atoms with E-state index in [4.69, 9.17) is 21.1 Å². The van der Waals surface area contributed by atoms with Crippen LogP contribution in [0.25, 0.3) is 0 Å². The Morgan fingerprint density at radius 3 is 2.34 bits per heavy atom. The van der Waals surface area contributed by atoms with Crippen molar-refractivity contribution in [3.8, 4) is 11.5 Å². The molecule has 10 nitrogen and oxygen atoms in total. The zero-order valence-electron chi connectivity index (χ0n) is 24.0. The topological polar surface area (TPSA) is 136 Å². The Kier molecular flexibility index (Phi) is 10.3. The summed E-state index contributed by atoms with van der Waals surface area (Å²) in [6.45, 7) is 5.67. The molecule has 3 amide bonds. The van der Waals surface area contributed by atoms with E-state index in [-0.39, 0.29) is 22.0 Å². The average molecular weight is 659 g/mol. The monoisotopic (exact) mass is 658 g/mol. The van der Waals surface area contributed by atoms with Gasteiger partial charge in [-0.05, 0) is 70.2 Å². The van der Waals surface area contributed by atoms with Crippen molar-refractivity contribution >= 4 is 44.9 Å². The van der Waals surface area contributed by atoms with Crippen LogP contribution in [0.4, 0.5) is 28.0 Å². The molecule has 0 saturated heterocycles. The molecule has 0 bridgehead atoms. The number of ether oxygens (including phenoxy) is 2. The molecular weight excluding hydrogens is 632 g/mol. The molecule has 44 heavy (non-hydrogen) atoms. The minimum atomic E-state index is -4.89. The molecule has 0 saturated carbocycles. The average Bonchev–Trinajstić information content (AvgIpc) is 2.88. The fourth-order valence-electron chi connectivity index (χ4n) is 3.53. The normalized spacial score (nSPS) is 13.0. The minimum Gasteiger partial charge on any atom is -0.455 e. The highest BCUT2D eigenvalue weighted by Gasteiger charge is 2.35. The number of pyridine rings is 1. The molecular formula is C28H27ClF4N4O6S. The van der Waals surface area contributed by atoms with Crippen LogP contribution in [0.5, 0.6) is 11.5 Å². The van der Waals surface area contributed by atoms with E-state index in [0.29, 0.717) is 6.07 Å². The summed E-state index contributed by atoms with van der Waals surface area (Å²) >= 11 is 5.86. The number of alkyl halides is 3. The van der Waals surface area contributed by atoms with Gasteiger partial charge in [0.1, 0.15) is 23.6 Å². The van der Waals surface area contributed by atoms with Crippen molar-refractivity contribution in [1.29, 1.82) is 0 Å². The fraction of sp³-hybridized carbons (Fsp3) is 0.286. The smallest absolute Gasteiger partial charge is 0.417 e. The predicted molar refractivity (Wildman–Crippen MR) is 154 cm³/mol. The molecule has 2 aromatic carbocycles. The Morgan fingerprint density at radius 2 is 1.73 bits per heavy atom. The lowest BCUT2D eigenvalue weighted by Crippen LogP contribution is -2.35. The number of rotatable bonds is 7. The number of amides is 3. The molecule has 0 fully saturated rings. The number of aromatic nitrogens is 1. The Morgan fingerprint density at radius 1 is 1.05 bits per heavy atom. The van der Waals surface area contributed by atoms with Crippen molar-refractivity contribution in [3.05, 3.63) is 76.3 Å². The molecule has 16 heteroatoms. The van der Waals surface area contributed by atoms with Crippen LogP contribution < -0.4 is 15.4 Å². The molecule has 0 radical (unpaired) electrons. The van der Waals surface area contributed by atoms with Crippen LogP contribution in [-0.2, 0) is 25.4 Å². The Balaban J connectivity index is 1.89. The summed E-state index contributed by atoms with van der Waals surface area (Å²) in [6, 6.07) is 8.78. The van der Waals surface area contributed by atoms with E-state index in [9.17, 15) is 36.2 Å². The van der Waals surface area contributed by atoms with Gasteiger partial charge in [0.15, 0.2) is 0 Å². The second kappa shape index (κ2) is 13.2. The Hall–Kier alpha value is -4.24. The zero-order valence-corrected chi connectivity index (χ0v) is 25.5. The summed E-state index contributed by atoms with van der Waals surface area (Å²) in [5, 5.41) is 3.89. The lowest BCUT2D eigenvalue weighted by molar-refractivity contribution is -0.137. The van der Waals surface area contributed by atoms with Gasteiger partial charge in [-0.2, -0.15) is 21.9 Å². The third-order valence-electron chi connectivity index (χ3n) is 5.43. The summed E-state index contributed by atoms with van der Waals surface area (Å²) < 4.78 is 81.7. The summed E-state index contributed by atoms with van der Waals surface area (Å²) in [5.41, 5.74) is -2.45. The fourth-order valence-corrected chi connectivity index (χ4v) is 5.03.